The Hall–Kier alpha value is -0.700. The number of nitrogens with zero attached hydrogens (tertiary/aromatic N) is 1. The second kappa shape index (κ2) is 2.05. The number of hydrogen-bond donors (Lipinski definition) is 1. The molecule has 0 radical (unpaired) electrons. The lowest BCUT2D eigenvalue weighted by molar-refractivity contribution is 0.397. The van der Waals surface area contributed by atoms with Crippen LogP contribution in [0.15, 0.2) is 6.20 Å². The first-order valence-electron chi connectivity index (χ1n) is 2.08. The number of ether oxygens (including phenoxy) is 1. The molecule has 0 atom stereocenters. The summed E-state index contributed by atoms with van der Waals surface area (Å²) in [5, 5.41) is 6.70. The van der Waals surface area contributed by atoms with E-state index in [1.807, 2.05) is 0 Å². The van der Waals surface area contributed by atoms with E-state index < -0.39 is 0 Å². The number of H-pyrrole nitrogens is 1. The monoisotopic (exact) mass is 132 g/mol. The Balaban J connectivity index is 2.92. The molecule has 0 fully saturated rings. The maximum absolute atomic E-state index is 5.52. The molecule has 1 aromatic heterocycles. The summed E-state index contributed by atoms with van der Waals surface area (Å²) in [5.74, 6) is 0.437. The van der Waals surface area contributed by atoms with Crippen LogP contribution in [0.5, 0.6) is 5.88 Å². The molecule has 4 heteroatoms. The van der Waals surface area contributed by atoms with Crippen LogP contribution in [0.2, 0.25) is 5.02 Å². The zero-order valence-electron chi connectivity index (χ0n) is 4.31. The van der Waals surface area contributed by atoms with Gasteiger partial charge in [0.2, 0.25) is 0 Å². The SMILES string of the molecule is COc1n[nH]cc1Cl. The Morgan fingerprint density at radius 1 is 1.88 bits per heavy atom. The van der Waals surface area contributed by atoms with E-state index in [4.69, 9.17) is 16.3 Å². The molecule has 0 spiro atoms. The van der Waals surface area contributed by atoms with Gasteiger partial charge in [-0.2, -0.15) is 0 Å². The van der Waals surface area contributed by atoms with Crippen LogP contribution in [-0.4, -0.2) is 17.3 Å². The van der Waals surface area contributed by atoms with Gasteiger partial charge in [0.15, 0.2) is 0 Å². The maximum Gasteiger partial charge on any atom is 0.251 e. The first-order valence-corrected chi connectivity index (χ1v) is 2.45. The highest BCUT2D eigenvalue weighted by molar-refractivity contribution is 6.31. The first kappa shape index (κ1) is 5.44. The van der Waals surface area contributed by atoms with Gasteiger partial charge in [0.05, 0.1) is 7.11 Å². The summed E-state index contributed by atoms with van der Waals surface area (Å²) >= 11 is 5.52. The van der Waals surface area contributed by atoms with Gasteiger partial charge in [0.1, 0.15) is 5.02 Å². The van der Waals surface area contributed by atoms with Crippen LogP contribution in [0.1, 0.15) is 0 Å². The van der Waals surface area contributed by atoms with E-state index in [-0.39, 0.29) is 0 Å². The van der Waals surface area contributed by atoms with Crippen molar-refractivity contribution in [2.45, 2.75) is 0 Å². The fourth-order valence-electron chi connectivity index (χ4n) is 0.406. The molecule has 0 saturated heterocycles. The highest BCUT2D eigenvalue weighted by Crippen LogP contribution is 2.18. The van der Waals surface area contributed by atoms with Gasteiger partial charge in [-0.1, -0.05) is 11.6 Å². The van der Waals surface area contributed by atoms with Crippen LogP contribution in [-0.2, 0) is 0 Å². The molecule has 8 heavy (non-hydrogen) atoms. The van der Waals surface area contributed by atoms with Crippen molar-refractivity contribution in [3.05, 3.63) is 11.2 Å². The minimum absolute atomic E-state index is 0.437. The largest absolute Gasteiger partial charge is 0.479 e. The summed E-state index contributed by atoms with van der Waals surface area (Å²) in [4.78, 5) is 0. The van der Waals surface area contributed by atoms with Gasteiger partial charge in [-0.15, -0.1) is 5.10 Å². The number of nitrogens with one attached hydrogen (secondary N) is 1. The van der Waals surface area contributed by atoms with Crippen LogP contribution in [0.4, 0.5) is 0 Å². The van der Waals surface area contributed by atoms with E-state index in [0.717, 1.165) is 0 Å². The van der Waals surface area contributed by atoms with Crippen molar-refractivity contribution in [2.75, 3.05) is 7.11 Å². The van der Waals surface area contributed by atoms with Crippen molar-refractivity contribution in [1.29, 1.82) is 0 Å². The first-order chi connectivity index (χ1) is 3.84. The fraction of sp³-hybridized carbons (Fsp3) is 0.250. The number of aromatic nitrogens is 2. The van der Waals surface area contributed by atoms with Gasteiger partial charge in [0.25, 0.3) is 5.88 Å². The number of rotatable bonds is 1. The predicted molar refractivity (Wildman–Crippen MR) is 30.1 cm³/mol. The van der Waals surface area contributed by atoms with Gasteiger partial charge in [-0.05, 0) is 0 Å². The smallest absolute Gasteiger partial charge is 0.251 e. The summed E-state index contributed by atoms with van der Waals surface area (Å²) in [7, 11) is 1.52. The quantitative estimate of drug-likeness (QED) is 0.621. The Morgan fingerprint density at radius 3 is 2.88 bits per heavy atom. The summed E-state index contributed by atoms with van der Waals surface area (Å²) < 4.78 is 4.71. The highest BCUT2D eigenvalue weighted by Gasteiger charge is 1.98. The molecule has 0 aromatic carbocycles. The zero-order valence-corrected chi connectivity index (χ0v) is 5.07. The van der Waals surface area contributed by atoms with E-state index >= 15 is 0 Å². The van der Waals surface area contributed by atoms with E-state index in [1.54, 1.807) is 6.20 Å². The van der Waals surface area contributed by atoms with Crippen LogP contribution in [0, 0.1) is 0 Å². The minimum Gasteiger partial charge on any atom is -0.479 e. The number of halogens is 1. The van der Waals surface area contributed by atoms with Crippen LogP contribution >= 0.6 is 11.6 Å². The van der Waals surface area contributed by atoms with Crippen molar-refractivity contribution < 1.29 is 4.74 Å². The van der Waals surface area contributed by atoms with Gasteiger partial charge in [0, 0.05) is 6.20 Å². The van der Waals surface area contributed by atoms with Crippen LogP contribution < -0.4 is 4.74 Å². The average molecular weight is 133 g/mol. The minimum atomic E-state index is 0.437. The number of aromatic amines is 1. The maximum atomic E-state index is 5.52. The van der Waals surface area contributed by atoms with Crippen molar-refractivity contribution in [1.82, 2.24) is 10.2 Å². The van der Waals surface area contributed by atoms with E-state index in [2.05, 4.69) is 10.2 Å². The normalized spacial score (nSPS) is 9.25. The summed E-state index contributed by atoms with van der Waals surface area (Å²) in [6.45, 7) is 0. The third-order valence-corrected chi connectivity index (χ3v) is 1.03. The lowest BCUT2D eigenvalue weighted by Gasteiger charge is -1.88. The molecule has 44 valence electrons. The van der Waals surface area contributed by atoms with E-state index in [0.29, 0.717) is 10.9 Å². The molecule has 1 heterocycles. The van der Waals surface area contributed by atoms with Crippen molar-refractivity contribution in [3.8, 4) is 5.88 Å². The van der Waals surface area contributed by atoms with Crippen molar-refractivity contribution in [3.63, 3.8) is 0 Å². The molecule has 0 bridgehead atoms. The number of methoxy groups -OCH3 is 1. The lowest BCUT2D eigenvalue weighted by atomic mass is 10.7. The third-order valence-electron chi connectivity index (χ3n) is 0.755. The molecule has 0 saturated carbocycles. The molecule has 0 aliphatic carbocycles. The highest BCUT2D eigenvalue weighted by atomic mass is 35.5. The Bertz CT molecular complexity index is 174. The van der Waals surface area contributed by atoms with Gasteiger partial charge >= 0.3 is 0 Å². The Morgan fingerprint density at radius 2 is 2.62 bits per heavy atom. The molecule has 1 aromatic rings. The van der Waals surface area contributed by atoms with Crippen LogP contribution in [0.3, 0.4) is 0 Å². The second-order valence-electron chi connectivity index (χ2n) is 1.24. The summed E-state index contributed by atoms with van der Waals surface area (Å²) in [5.41, 5.74) is 0. The zero-order chi connectivity index (χ0) is 5.98. The molecule has 0 unspecified atom stereocenters. The molecular formula is C4H5ClN2O. The number of hydrogen-bond acceptors (Lipinski definition) is 2. The van der Waals surface area contributed by atoms with Crippen LogP contribution in [0.25, 0.3) is 0 Å². The van der Waals surface area contributed by atoms with Crippen molar-refractivity contribution in [2.24, 2.45) is 0 Å². The molecular weight excluding hydrogens is 128 g/mol. The topological polar surface area (TPSA) is 37.9 Å². The van der Waals surface area contributed by atoms with Gasteiger partial charge in [-0.3, -0.25) is 5.10 Å². The Kier molecular flexibility index (Phi) is 1.39. The second-order valence-corrected chi connectivity index (χ2v) is 1.65. The van der Waals surface area contributed by atoms with Crippen molar-refractivity contribution >= 4 is 11.6 Å². The van der Waals surface area contributed by atoms with Gasteiger partial charge in [-0.25, -0.2) is 0 Å². The summed E-state index contributed by atoms with van der Waals surface area (Å²) in [6.07, 6.45) is 1.56. The standard InChI is InChI=1S/C4H5ClN2O/c1-8-4-3(5)2-6-7-4/h2H,1H3,(H,6,7). The predicted octanol–water partition coefficient (Wildman–Crippen LogP) is 1.07. The molecule has 1 rings (SSSR count). The molecule has 1 N–H and O–H groups in total. The molecule has 0 amide bonds. The van der Waals surface area contributed by atoms with E-state index in [9.17, 15) is 0 Å². The lowest BCUT2D eigenvalue weighted by Crippen LogP contribution is -1.81. The fourth-order valence-corrected chi connectivity index (χ4v) is 0.574. The van der Waals surface area contributed by atoms with Gasteiger partial charge < -0.3 is 4.74 Å². The summed E-state index contributed by atoms with van der Waals surface area (Å²) in [6, 6.07) is 0. The molecule has 3 nitrogen and oxygen atoms in total. The molecule has 0 aliphatic heterocycles. The third kappa shape index (κ3) is 0.767. The Labute approximate surface area is 51.6 Å². The molecule has 0 aliphatic rings. The van der Waals surface area contributed by atoms with E-state index in [1.165, 1.54) is 7.11 Å². The average Bonchev–Trinajstić information content (AvgIpc) is 2.14.